The largest absolute Gasteiger partial charge is 0.353 e. The Morgan fingerprint density at radius 1 is 1.33 bits per heavy atom. The van der Waals surface area contributed by atoms with Gasteiger partial charge < -0.3 is 9.88 Å². The number of nitrogens with one attached hydrogen (secondary N) is 1. The molecule has 0 spiro atoms. The molecule has 0 fully saturated rings. The molecule has 94 valence electrons. The summed E-state index contributed by atoms with van der Waals surface area (Å²) in [6.07, 6.45) is 3.46. The highest BCUT2D eigenvalue weighted by Crippen LogP contribution is 2.20. The SMILES string of the molecule is CCNC(=O)/C=C/c1cc2ccccc2n1CC. The zero-order valence-electron chi connectivity index (χ0n) is 10.8. The zero-order valence-corrected chi connectivity index (χ0v) is 10.8. The van der Waals surface area contributed by atoms with Gasteiger partial charge in [0.2, 0.25) is 5.91 Å². The molecule has 0 aliphatic heterocycles. The summed E-state index contributed by atoms with van der Waals surface area (Å²) >= 11 is 0. The second-order valence-electron chi connectivity index (χ2n) is 4.10. The van der Waals surface area contributed by atoms with Gasteiger partial charge in [-0.3, -0.25) is 4.79 Å². The fraction of sp³-hybridized carbons (Fsp3) is 0.267. The van der Waals surface area contributed by atoms with Crippen molar-refractivity contribution in [3.05, 3.63) is 42.1 Å². The standard InChI is InChI=1S/C15H18N2O/c1-3-16-15(18)10-9-13-11-12-7-5-6-8-14(12)17(13)4-2/h5-11H,3-4H2,1-2H3,(H,16,18)/b10-9+. The minimum atomic E-state index is -0.0505. The molecule has 1 N–H and O–H groups in total. The van der Waals surface area contributed by atoms with Gasteiger partial charge in [0.1, 0.15) is 0 Å². The monoisotopic (exact) mass is 242 g/mol. The number of hydrogen-bond acceptors (Lipinski definition) is 1. The number of fused-ring (bicyclic) bond motifs is 1. The van der Waals surface area contributed by atoms with Gasteiger partial charge in [0.05, 0.1) is 0 Å². The lowest BCUT2D eigenvalue weighted by Crippen LogP contribution is -2.19. The Hall–Kier alpha value is -2.03. The lowest BCUT2D eigenvalue weighted by Gasteiger charge is -2.04. The van der Waals surface area contributed by atoms with Crippen molar-refractivity contribution in [2.24, 2.45) is 0 Å². The third kappa shape index (κ3) is 2.45. The van der Waals surface area contributed by atoms with Crippen LogP contribution in [-0.2, 0) is 11.3 Å². The van der Waals surface area contributed by atoms with Crippen LogP contribution in [0.4, 0.5) is 0 Å². The number of carbonyl (C=O) groups is 1. The molecule has 0 aliphatic rings. The number of aryl methyl sites for hydroxylation is 1. The number of para-hydroxylation sites is 1. The molecule has 2 aromatic rings. The van der Waals surface area contributed by atoms with E-state index >= 15 is 0 Å². The van der Waals surface area contributed by atoms with E-state index in [0.29, 0.717) is 6.54 Å². The van der Waals surface area contributed by atoms with Gasteiger partial charge in [0.15, 0.2) is 0 Å². The number of carbonyl (C=O) groups excluding carboxylic acids is 1. The fourth-order valence-electron chi connectivity index (χ4n) is 2.12. The molecule has 0 saturated heterocycles. The predicted molar refractivity (Wildman–Crippen MR) is 75.3 cm³/mol. The number of benzene rings is 1. The van der Waals surface area contributed by atoms with Crippen molar-refractivity contribution < 1.29 is 4.79 Å². The molecule has 0 unspecified atom stereocenters. The van der Waals surface area contributed by atoms with E-state index in [1.807, 2.05) is 25.1 Å². The topological polar surface area (TPSA) is 34.0 Å². The Bertz CT molecular complexity index is 581. The first-order chi connectivity index (χ1) is 8.76. The quantitative estimate of drug-likeness (QED) is 0.822. The molecule has 2 rings (SSSR count). The number of aromatic nitrogens is 1. The van der Waals surface area contributed by atoms with E-state index in [1.54, 1.807) is 6.08 Å². The summed E-state index contributed by atoms with van der Waals surface area (Å²) in [7, 11) is 0. The molecule has 3 heteroatoms. The van der Waals surface area contributed by atoms with Crippen LogP contribution in [0.1, 0.15) is 19.5 Å². The molecule has 0 aliphatic carbocycles. The summed E-state index contributed by atoms with van der Waals surface area (Å²) in [5.74, 6) is -0.0505. The van der Waals surface area contributed by atoms with E-state index < -0.39 is 0 Å². The van der Waals surface area contributed by atoms with Crippen molar-refractivity contribution in [2.45, 2.75) is 20.4 Å². The first-order valence-electron chi connectivity index (χ1n) is 6.30. The summed E-state index contributed by atoms with van der Waals surface area (Å²) in [6.45, 7) is 5.56. The van der Waals surface area contributed by atoms with Crippen molar-refractivity contribution in [1.29, 1.82) is 0 Å². The Kier molecular flexibility index (Phi) is 3.82. The molecular weight excluding hydrogens is 224 g/mol. The second kappa shape index (κ2) is 5.54. The minimum Gasteiger partial charge on any atom is -0.353 e. The maximum atomic E-state index is 11.4. The number of amides is 1. The van der Waals surface area contributed by atoms with Crippen LogP contribution in [-0.4, -0.2) is 17.0 Å². The van der Waals surface area contributed by atoms with Gasteiger partial charge in [0, 0.05) is 35.8 Å². The normalized spacial score (nSPS) is 11.2. The van der Waals surface area contributed by atoms with Gasteiger partial charge in [0.25, 0.3) is 0 Å². The van der Waals surface area contributed by atoms with Crippen LogP contribution < -0.4 is 5.32 Å². The van der Waals surface area contributed by atoms with E-state index in [9.17, 15) is 4.79 Å². The van der Waals surface area contributed by atoms with Gasteiger partial charge in [-0.2, -0.15) is 0 Å². The smallest absolute Gasteiger partial charge is 0.244 e. The molecular formula is C15H18N2O. The Labute approximate surface area is 107 Å². The van der Waals surface area contributed by atoms with Gasteiger partial charge in [-0.15, -0.1) is 0 Å². The second-order valence-corrected chi connectivity index (χ2v) is 4.10. The third-order valence-corrected chi connectivity index (χ3v) is 2.92. The van der Waals surface area contributed by atoms with Crippen LogP contribution in [0, 0.1) is 0 Å². The van der Waals surface area contributed by atoms with Crippen LogP contribution >= 0.6 is 0 Å². The van der Waals surface area contributed by atoms with E-state index in [0.717, 1.165) is 12.2 Å². The van der Waals surface area contributed by atoms with Crippen LogP contribution in [0.3, 0.4) is 0 Å². The van der Waals surface area contributed by atoms with Crippen molar-refractivity contribution in [1.82, 2.24) is 9.88 Å². The van der Waals surface area contributed by atoms with Crippen molar-refractivity contribution >= 4 is 22.9 Å². The average molecular weight is 242 g/mol. The highest BCUT2D eigenvalue weighted by molar-refractivity contribution is 5.92. The van der Waals surface area contributed by atoms with E-state index in [-0.39, 0.29) is 5.91 Å². The van der Waals surface area contributed by atoms with E-state index in [2.05, 4.69) is 35.0 Å². The molecule has 0 saturated carbocycles. The average Bonchev–Trinajstić information content (AvgIpc) is 2.74. The van der Waals surface area contributed by atoms with E-state index in [4.69, 9.17) is 0 Å². The van der Waals surface area contributed by atoms with Gasteiger partial charge in [-0.05, 0) is 32.1 Å². The Morgan fingerprint density at radius 2 is 2.11 bits per heavy atom. The molecule has 18 heavy (non-hydrogen) atoms. The van der Waals surface area contributed by atoms with Crippen LogP contribution in [0.2, 0.25) is 0 Å². The third-order valence-electron chi connectivity index (χ3n) is 2.92. The molecule has 1 amide bonds. The summed E-state index contributed by atoms with van der Waals surface area (Å²) in [5.41, 5.74) is 2.26. The molecule has 1 heterocycles. The molecule has 3 nitrogen and oxygen atoms in total. The van der Waals surface area contributed by atoms with Gasteiger partial charge >= 0.3 is 0 Å². The lowest BCUT2D eigenvalue weighted by molar-refractivity contribution is -0.116. The molecule has 1 aromatic heterocycles. The number of hydrogen-bond donors (Lipinski definition) is 1. The highest BCUT2D eigenvalue weighted by atomic mass is 16.1. The zero-order chi connectivity index (χ0) is 13.0. The minimum absolute atomic E-state index is 0.0505. The molecule has 0 atom stereocenters. The summed E-state index contributed by atoms with van der Waals surface area (Å²) in [5, 5.41) is 3.96. The van der Waals surface area contributed by atoms with E-state index in [1.165, 1.54) is 10.9 Å². The molecule has 0 bridgehead atoms. The fourth-order valence-corrected chi connectivity index (χ4v) is 2.12. The number of likely N-dealkylation sites (N-methyl/N-ethyl adjacent to an activating group) is 1. The van der Waals surface area contributed by atoms with Gasteiger partial charge in [-0.25, -0.2) is 0 Å². The lowest BCUT2D eigenvalue weighted by atomic mass is 10.2. The Morgan fingerprint density at radius 3 is 2.83 bits per heavy atom. The maximum absolute atomic E-state index is 11.4. The number of rotatable bonds is 4. The van der Waals surface area contributed by atoms with Crippen LogP contribution in [0.15, 0.2) is 36.4 Å². The first kappa shape index (κ1) is 12.4. The summed E-state index contributed by atoms with van der Waals surface area (Å²) in [6, 6.07) is 10.4. The predicted octanol–water partition coefficient (Wildman–Crippen LogP) is 2.81. The van der Waals surface area contributed by atoms with Crippen molar-refractivity contribution in [3.63, 3.8) is 0 Å². The van der Waals surface area contributed by atoms with Crippen LogP contribution in [0.25, 0.3) is 17.0 Å². The summed E-state index contributed by atoms with van der Waals surface area (Å²) < 4.78 is 2.20. The first-order valence-corrected chi connectivity index (χ1v) is 6.30. The van der Waals surface area contributed by atoms with Crippen molar-refractivity contribution in [3.8, 4) is 0 Å². The van der Waals surface area contributed by atoms with Crippen molar-refractivity contribution in [2.75, 3.05) is 6.54 Å². The summed E-state index contributed by atoms with van der Waals surface area (Å²) in [4.78, 5) is 11.4. The molecule has 1 aromatic carbocycles. The van der Waals surface area contributed by atoms with Gasteiger partial charge in [-0.1, -0.05) is 18.2 Å². The maximum Gasteiger partial charge on any atom is 0.244 e. The number of nitrogens with zero attached hydrogens (tertiary/aromatic N) is 1. The highest BCUT2D eigenvalue weighted by Gasteiger charge is 2.04. The van der Waals surface area contributed by atoms with Crippen LogP contribution in [0.5, 0.6) is 0 Å². The molecule has 0 radical (unpaired) electrons. The Balaban J connectivity index is 2.35.